The van der Waals surface area contributed by atoms with E-state index in [1.54, 1.807) is 12.1 Å². The maximum atomic E-state index is 12.0. The van der Waals surface area contributed by atoms with Gasteiger partial charge in [-0.05, 0) is 43.5 Å². The van der Waals surface area contributed by atoms with E-state index in [1.807, 2.05) is 0 Å². The van der Waals surface area contributed by atoms with E-state index in [0.29, 0.717) is 17.3 Å². The van der Waals surface area contributed by atoms with E-state index in [-0.39, 0.29) is 17.3 Å². The molecule has 3 rings (SSSR count). The number of sulfonamides is 1. The van der Waals surface area contributed by atoms with Gasteiger partial charge in [0.1, 0.15) is 0 Å². The zero-order valence-corrected chi connectivity index (χ0v) is 14.5. The molecule has 1 saturated carbocycles. The molecule has 0 spiro atoms. The summed E-state index contributed by atoms with van der Waals surface area (Å²) < 4.78 is 30.5. The van der Waals surface area contributed by atoms with Gasteiger partial charge in [0.25, 0.3) is 5.89 Å². The van der Waals surface area contributed by atoms with Crippen LogP contribution in [0.4, 0.5) is 0 Å². The smallest absolute Gasteiger partial charge is 0.257 e. The summed E-state index contributed by atoms with van der Waals surface area (Å²) in [4.78, 5) is 4.56. The van der Waals surface area contributed by atoms with E-state index in [4.69, 9.17) is 10.3 Å². The van der Waals surface area contributed by atoms with Crippen molar-refractivity contribution in [1.29, 1.82) is 0 Å². The van der Waals surface area contributed by atoms with Gasteiger partial charge >= 0.3 is 0 Å². The molecule has 126 valence electrons. The fourth-order valence-corrected chi connectivity index (χ4v) is 3.21. The van der Waals surface area contributed by atoms with Gasteiger partial charge in [-0.3, -0.25) is 0 Å². The van der Waals surface area contributed by atoms with Crippen molar-refractivity contribution in [3.63, 3.8) is 0 Å². The SMILES string of the molecule is CN(C)S(=O)(=O)c1ccc(-c2nc(C3(N)CCC3)no2)cc1.Cl. The molecular formula is C14H19ClN4O3S. The van der Waals surface area contributed by atoms with Gasteiger partial charge in [-0.25, -0.2) is 12.7 Å². The zero-order valence-electron chi connectivity index (χ0n) is 12.9. The highest BCUT2D eigenvalue weighted by molar-refractivity contribution is 7.89. The third kappa shape index (κ3) is 3.12. The molecule has 0 unspecified atom stereocenters. The molecule has 0 atom stereocenters. The van der Waals surface area contributed by atoms with Crippen molar-refractivity contribution in [2.75, 3.05) is 14.1 Å². The van der Waals surface area contributed by atoms with Gasteiger partial charge < -0.3 is 10.3 Å². The maximum Gasteiger partial charge on any atom is 0.257 e. The Kier molecular flexibility index (Phi) is 4.81. The van der Waals surface area contributed by atoms with Crippen molar-refractivity contribution < 1.29 is 12.9 Å². The Labute approximate surface area is 141 Å². The van der Waals surface area contributed by atoms with Crippen molar-refractivity contribution in [2.45, 2.75) is 29.7 Å². The Balaban J connectivity index is 0.00000192. The number of nitrogens with two attached hydrogens (primary N) is 1. The van der Waals surface area contributed by atoms with Gasteiger partial charge in [0.05, 0.1) is 10.4 Å². The molecule has 1 aromatic heterocycles. The number of hydrogen-bond donors (Lipinski definition) is 1. The number of hydrogen-bond acceptors (Lipinski definition) is 6. The molecule has 7 nitrogen and oxygen atoms in total. The van der Waals surface area contributed by atoms with Crippen LogP contribution >= 0.6 is 12.4 Å². The second-order valence-electron chi connectivity index (χ2n) is 5.74. The predicted molar refractivity (Wildman–Crippen MR) is 87.6 cm³/mol. The number of halogens is 1. The minimum atomic E-state index is -3.44. The Morgan fingerprint density at radius 1 is 1.22 bits per heavy atom. The van der Waals surface area contributed by atoms with Crippen LogP contribution in [0, 0.1) is 0 Å². The van der Waals surface area contributed by atoms with Gasteiger partial charge in [0.15, 0.2) is 5.82 Å². The van der Waals surface area contributed by atoms with E-state index >= 15 is 0 Å². The lowest BCUT2D eigenvalue weighted by Crippen LogP contribution is -2.44. The third-order valence-electron chi connectivity index (χ3n) is 4.00. The first-order valence-electron chi connectivity index (χ1n) is 6.99. The molecule has 0 aliphatic heterocycles. The van der Waals surface area contributed by atoms with E-state index in [1.165, 1.54) is 30.5 Å². The monoisotopic (exact) mass is 358 g/mol. The summed E-state index contributed by atoms with van der Waals surface area (Å²) in [6.45, 7) is 0. The molecule has 1 aliphatic rings. The summed E-state index contributed by atoms with van der Waals surface area (Å²) in [5.74, 6) is 0.860. The highest BCUT2D eigenvalue weighted by Gasteiger charge is 2.39. The molecular weight excluding hydrogens is 340 g/mol. The van der Waals surface area contributed by atoms with Gasteiger partial charge in [0, 0.05) is 19.7 Å². The summed E-state index contributed by atoms with van der Waals surface area (Å²) >= 11 is 0. The van der Waals surface area contributed by atoms with Crippen molar-refractivity contribution in [2.24, 2.45) is 5.73 Å². The van der Waals surface area contributed by atoms with E-state index in [2.05, 4.69) is 10.1 Å². The molecule has 2 N–H and O–H groups in total. The average Bonchev–Trinajstić information content (AvgIpc) is 2.95. The third-order valence-corrected chi connectivity index (χ3v) is 5.83. The first kappa shape index (κ1) is 17.9. The van der Waals surface area contributed by atoms with E-state index in [9.17, 15) is 8.42 Å². The molecule has 0 amide bonds. The average molecular weight is 359 g/mol. The van der Waals surface area contributed by atoms with Crippen LogP contribution in [0.15, 0.2) is 33.7 Å². The van der Waals surface area contributed by atoms with E-state index < -0.39 is 15.6 Å². The minimum Gasteiger partial charge on any atom is -0.334 e. The van der Waals surface area contributed by atoms with E-state index in [0.717, 1.165) is 19.3 Å². The Hall–Kier alpha value is -1.48. The molecule has 1 aromatic carbocycles. The highest BCUT2D eigenvalue weighted by Crippen LogP contribution is 2.37. The van der Waals surface area contributed by atoms with Crippen molar-refractivity contribution in [3.05, 3.63) is 30.1 Å². The first-order chi connectivity index (χ1) is 10.3. The van der Waals surface area contributed by atoms with Crippen LogP contribution in [0.1, 0.15) is 25.1 Å². The van der Waals surface area contributed by atoms with Crippen LogP contribution in [0.2, 0.25) is 0 Å². The Bertz CT molecular complexity index is 783. The molecule has 0 saturated heterocycles. The second-order valence-corrected chi connectivity index (χ2v) is 7.90. The molecule has 0 radical (unpaired) electrons. The first-order valence-corrected chi connectivity index (χ1v) is 8.43. The molecule has 2 aromatic rings. The molecule has 1 heterocycles. The molecule has 1 fully saturated rings. The molecule has 0 bridgehead atoms. The van der Waals surface area contributed by atoms with Crippen LogP contribution in [0.3, 0.4) is 0 Å². The van der Waals surface area contributed by atoms with Crippen molar-refractivity contribution in [3.8, 4) is 11.5 Å². The lowest BCUT2D eigenvalue weighted by atomic mass is 9.77. The predicted octanol–water partition coefficient (Wildman–Crippen LogP) is 1.75. The Morgan fingerprint density at radius 3 is 2.30 bits per heavy atom. The molecule has 9 heteroatoms. The largest absolute Gasteiger partial charge is 0.334 e. The number of nitrogens with zero attached hydrogens (tertiary/aromatic N) is 3. The molecule has 23 heavy (non-hydrogen) atoms. The van der Waals surface area contributed by atoms with Crippen molar-refractivity contribution >= 4 is 22.4 Å². The van der Waals surface area contributed by atoms with Gasteiger partial charge in [0.2, 0.25) is 10.0 Å². The minimum absolute atomic E-state index is 0. The fraction of sp³-hybridized carbons (Fsp3) is 0.429. The summed E-state index contributed by atoms with van der Waals surface area (Å²) in [6.07, 6.45) is 2.77. The fourth-order valence-electron chi connectivity index (χ4n) is 2.30. The van der Waals surface area contributed by atoms with Crippen LogP contribution in [0.5, 0.6) is 0 Å². The second kappa shape index (κ2) is 6.20. The summed E-state index contributed by atoms with van der Waals surface area (Å²) in [5, 5.41) is 3.95. The van der Waals surface area contributed by atoms with Crippen LogP contribution in [0.25, 0.3) is 11.5 Å². The maximum absolute atomic E-state index is 12.0. The summed E-state index contributed by atoms with van der Waals surface area (Å²) in [6, 6.07) is 6.35. The van der Waals surface area contributed by atoms with Crippen molar-refractivity contribution in [1.82, 2.24) is 14.4 Å². The van der Waals surface area contributed by atoms with Gasteiger partial charge in [-0.1, -0.05) is 5.16 Å². The lowest BCUT2D eigenvalue weighted by molar-refractivity contribution is 0.229. The van der Waals surface area contributed by atoms with Gasteiger partial charge in [-0.15, -0.1) is 12.4 Å². The Morgan fingerprint density at radius 2 is 1.83 bits per heavy atom. The number of rotatable bonds is 4. The lowest BCUT2D eigenvalue weighted by Gasteiger charge is -2.34. The highest BCUT2D eigenvalue weighted by atomic mass is 35.5. The van der Waals surface area contributed by atoms with Crippen LogP contribution < -0.4 is 5.73 Å². The zero-order chi connectivity index (χ0) is 16.0. The number of aromatic nitrogens is 2. The van der Waals surface area contributed by atoms with Gasteiger partial charge in [-0.2, -0.15) is 4.98 Å². The quantitative estimate of drug-likeness (QED) is 0.893. The standard InChI is InChI=1S/C14H18N4O3S.ClH/c1-18(2)22(19,20)11-6-4-10(5-7-11)12-16-13(17-21-12)14(15)8-3-9-14;/h4-7H,3,8-9,15H2,1-2H3;1H. The van der Waals surface area contributed by atoms with Crippen LogP contribution in [-0.4, -0.2) is 37.0 Å². The van der Waals surface area contributed by atoms with Crippen LogP contribution in [-0.2, 0) is 15.6 Å². The summed E-state index contributed by atoms with van der Waals surface area (Å²) in [7, 11) is -0.456. The molecule has 1 aliphatic carbocycles. The summed E-state index contributed by atoms with van der Waals surface area (Å²) in [5.41, 5.74) is 6.35. The normalized spacial score (nSPS) is 16.7. The topological polar surface area (TPSA) is 102 Å². The number of benzene rings is 1.